The smallest absolute Gasteiger partial charge is 0.310 e. The second-order valence-electron chi connectivity index (χ2n) is 6.12. The number of ether oxygens (including phenoxy) is 2. The molecule has 1 aromatic rings. The minimum absolute atomic E-state index is 0.145. The number of rotatable bonds is 9. The van der Waals surface area contributed by atoms with E-state index in [1.807, 2.05) is 31.2 Å². The van der Waals surface area contributed by atoms with E-state index in [1.165, 1.54) is 18.4 Å². The molecule has 0 atom stereocenters. The van der Waals surface area contributed by atoms with Crippen molar-refractivity contribution in [2.45, 2.75) is 45.4 Å². The van der Waals surface area contributed by atoms with Crippen LogP contribution < -0.4 is 10.1 Å². The van der Waals surface area contributed by atoms with Gasteiger partial charge in [-0.05, 0) is 56.7 Å². The number of esters is 1. The highest BCUT2D eigenvalue weighted by atomic mass is 16.5. The molecule has 1 aliphatic carbocycles. The maximum atomic E-state index is 11.8. The Morgan fingerprint density at radius 2 is 1.96 bits per heavy atom. The summed E-state index contributed by atoms with van der Waals surface area (Å²) in [4.78, 5) is 23.5. The summed E-state index contributed by atoms with van der Waals surface area (Å²) in [5, 5.41) is 2.80. The molecular formula is C20H27NO4. The van der Waals surface area contributed by atoms with Gasteiger partial charge in [0.25, 0.3) is 5.91 Å². The Morgan fingerprint density at radius 1 is 1.16 bits per heavy atom. The zero-order chi connectivity index (χ0) is 17.9. The Bertz CT molecular complexity index is 592. The maximum Gasteiger partial charge on any atom is 0.310 e. The van der Waals surface area contributed by atoms with Crippen molar-refractivity contribution in [1.82, 2.24) is 5.32 Å². The van der Waals surface area contributed by atoms with Crippen molar-refractivity contribution in [2.24, 2.45) is 0 Å². The predicted octanol–water partition coefficient (Wildman–Crippen LogP) is 3.18. The SMILES string of the molecule is CCOc1ccc(CC(=O)OCC(=O)NCCC2=CCCCC2)cc1. The average molecular weight is 345 g/mol. The van der Waals surface area contributed by atoms with E-state index in [4.69, 9.17) is 9.47 Å². The molecule has 1 amide bonds. The summed E-state index contributed by atoms with van der Waals surface area (Å²) < 4.78 is 10.4. The molecule has 1 aromatic carbocycles. The molecule has 0 fully saturated rings. The van der Waals surface area contributed by atoms with Gasteiger partial charge in [-0.2, -0.15) is 0 Å². The normalized spacial score (nSPS) is 13.7. The zero-order valence-electron chi connectivity index (χ0n) is 14.9. The summed E-state index contributed by atoms with van der Waals surface area (Å²) in [6.07, 6.45) is 8.08. The lowest BCUT2D eigenvalue weighted by Crippen LogP contribution is -2.30. The van der Waals surface area contributed by atoms with E-state index in [0.29, 0.717) is 13.2 Å². The standard InChI is InChI=1S/C20H27NO4/c1-2-24-18-10-8-17(9-11-18)14-20(23)25-15-19(22)21-13-12-16-6-4-3-5-7-16/h6,8-11H,2-5,7,12-15H2,1H3,(H,21,22). The van der Waals surface area contributed by atoms with Crippen molar-refractivity contribution < 1.29 is 19.1 Å². The fraction of sp³-hybridized carbons (Fsp3) is 0.500. The molecule has 0 unspecified atom stereocenters. The van der Waals surface area contributed by atoms with Crippen molar-refractivity contribution in [1.29, 1.82) is 0 Å². The van der Waals surface area contributed by atoms with Crippen LogP contribution in [0.2, 0.25) is 0 Å². The Hall–Kier alpha value is -2.30. The largest absolute Gasteiger partial charge is 0.494 e. The van der Waals surface area contributed by atoms with Crippen molar-refractivity contribution in [3.05, 3.63) is 41.5 Å². The van der Waals surface area contributed by atoms with Gasteiger partial charge < -0.3 is 14.8 Å². The van der Waals surface area contributed by atoms with Gasteiger partial charge in [-0.3, -0.25) is 9.59 Å². The molecule has 136 valence electrons. The van der Waals surface area contributed by atoms with Gasteiger partial charge in [-0.15, -0.1) is 0 Å². The Morgan fingerprint density at radius 3 is 2.64 bits per heavy atom. The van der Waals surface area contributed by atoms with Gasteiger partial charge in [0.1, 0.15) is 5.75 Å². The molecule has 0 heterocycles. The summed E-state index contributed by atoms with van der Waals surface area (Å²) in [6, 6.07) is 7.28. The lowest BCUT2D eigenvalue weighted by atomic mass is 9.97. The molecule has 2 rings (SSSR count). The molecule has 0 spiro atoms. The van der Waals surface area contributed by atoms with E-state index in [1.54, 1.807) is 0 Å². The first-order valence-corrected chi connectivity index (χ1v) is 8.99. The van der Waals surface area contributed by atoms with Crippen LogP contribution in [-0.2, 0) is 20.7 Å². The number of carbonyl (C=O) groups excluding carboxylic acids is 2. The first kappa shape index (κ1) is 19.0. The van der Waals surface area contributed by atoms with Crippen LogP contribution >= 0.6 is 0 Å². The second kappa shape index (κ2) is 10.5. The molecule has 5 nitrogen and oxygen atoms in total. The fourth-order valence-corrected chi connectivity index (χ4v) is 2.78. The molecule has 5 heteroatoms. The lowest BCUT2D eigenvalue weighted by Gasteiger charge is -2.13. The van der Waals surface area contributed by atoms with E-state index in [-0.39, 0.29) is 18.9 Å². The first-order chi connectivity index (χ1) is 12.2. The highest BCUT2D eigenvalue weighted by Gasteiger charge is 2.09. The van der Waals surface area contributed by atoms with E-state index in [2.05, 4.69) is 11.4 Å². The molecule has 0 saturated carbocycles. The predicted molar refractivity (Wildman–Crippen MR) is 96.5 cm³/mol. The summed E-state index contributed by atoms with van der Waals surface area (Å²) in [5.41, 5.74) is 2.25. The summed E-state index contributed by atoms with van der Waals surface area (Å²) in [7, 11) is 0. The Balaban J connectivity index is 1.61. The number of carbonyl (C=O) groups is 2. The van der Waals surface area contributed by atoms with Crippen LogP contribution in [0, 0.1) is 0 Å². The van der Waals surface area contributed by atoms with Crippen molar-refractivity contribution in [3.8, 4) is 5.75 Å². The third-order valence-electron chi connectivity index (χ3n) is 4.10. The molecule has 0 radical (unpaired) electrons. The molecule has 0 saturated heterocycles. The fourth-order valence-electron chi connectivity index (χ4n) is 2.78. The van der Waals surface area contributed by atoms with Crippen molar-refractivity contribution in [3.63, 3.8) is 0 Å². The first-order valence-electron chi connectivity index (χ1n) is 8.99. The number of allylic oxidation sites excluding steroid dienone is 1. The Kier molecular flexibility index (Phi) is 8.02. The molecule has 0 aliphatic heterocycles. The van der Waals surface area contributed by atoms with E-state index in [9.17, 15) is 9.59 Å². The van der Waals surface area contributed by atoms with Crippen LogP contribution in [0.4, 0.5) is 0 Å². The van der Waals surface area contributed by atoms with Crippen LogP contribution in [-0.4, -0.2) is 31.6 Å². The zero-order valence-corrected chi connectivity index (χ0v) is 14.9. The number of amides is 1. The molecule has 25 heavy (non-hydrogen) atoms. The van der Waals surface area contributed by atoms with Crippen LogP contribution in [0.3, 0.4) is 0 Å². The van der Waals surface area contributed by atoms with Gasteiger partial charge in [0.05, 0.1) is 13.0 Å². The molecular weight excluding hydrogens is 318 g/mol. The number of nitrogens with one attached hydrogen (secondary N) is 1. The van der Waals surface area contributed by atoms with E-state index >= 15 is 0 Å². The van der Waals surface area contributed by atoms with Gasteiger partial charge in [-0.1, -0.05) is 23.8 Å². The highest BCUT2D eigenvalue weighted by molar-refractivity contribution is 5.81. The van der Waals surface area contributed by atoms with Crippen LogP contribution in [0.5, 0.6) is 5.75 Å². The highest BCUT2D eigenvalue weighted by Crippen LogP contribution is 2.19. The minimum atomic E-state index is -0.408. The molecule has 0 bridgehead atoms. The van der Waals surface area contributed by atoms with Gasteiger partial charge in [0.15, 0.2) is 6.61 Å². The number of benzene rings is 1. The molecule has 0 aromatic heterocycles. The third-order valence-corrected chi connectivity index (χ3v) is 4.10. The van der Waals surface area contributed by atoms with E-state index < -0.39 is 5.97 Å². The topological polar surface area (TPSA) is 64.6 Å². The van der Waals surface area contributed by atoms with Gasteiger partial charge in [0, 0.05) is 6.54 Å². The summed E-state index contributed by atoms with van der Waals surface area (Å²) in [6.45, 7) is 2.90. The van der Waals surface area contributed by atoms with Crippen LogP contribution in [0.25, 0.3) is 0 Å². The van der Waals surface area contributed by atoms with Gasteiger partial charge in [-0.25, -0.2) is 0 Å². The average Bonchev–Trinajstić information content (AvgIpc) is 2.63. The number of hydrogen-bond donors (Lipinski definition) is 1. The van der Waals surface area contributed by atoms with Crippen molar-refractivity contribution in [2.75, 3.05) is 19.8 Å². The van der Waals surface area contributed by atoms with Crippen LogP contribution in [0.15, 0.2) is 35.9 Å². The maximum absolute atomic E-state index is 11.8. The summed E-state index contributed by atoms with van der Waals surface area (Å²) >= 11 is 0. The monoisotopic (exact) mass is 345 g/mol. The molecule has 1 aliphatic rings. The quantitative estimate of drug-likeness (QED) is 0.551. The second-order valence-corrected chi connectivity index (χ2v) is 6.12. The lowest BCUT2D eigenvalue weighted by molar-refractivity contribution is -0.147. The van der Waals surface area contributed by atoms with Crippen molar-refractivity contribution >= 4 is 11.9 Å². The van der Waals surface area contributed by atoms with E-state index in [0.717, 1.165) is 30.6 Å². The van der Waals surface area contributed by atoms with Gasteiger partial charge >= 0.3 is 5.97 Å². The third kappa shape index (κ3) is 7.42. The molecule has 1 N–H and O–H groups in total. The Labute approximate surface area is 149 Å². The number of hydrogen-bond acceptors (Lipinski definition) is 4. The van der Waals surface area contributed by atoms with Crippen LogP contribution in [0.1, 0.15) is 44.6 Å². The summed E-state index contributed by atoms with van der Waals surface area (Å²) in [5.74, 6) is 0.109. The van der Waals surface area contributed by atoms with Gasteiger partial charge in [0.2, 0.25) is 0 Å². The minimum Gasteiger partial charge on any atom is -0.494 e.